The summed E-state index contributed by atoms with van der Waals surface area (Å²) in [6.45, 7) is 0. The van der Waals surface area contributed by atoms with Gasteiger partial charge in [-0.2, -0.15) is 0 Å². The molecule has 2 aromatic rings. The van der Waals surface area contributed by atoms with E-state index in [0.29, 0.717) is 0 Å². The molecule has 0 atom stereocenters. The van der Waals surface area contributed by atoms with Crippen LogP contribution in [0.2, 0.25) is 5.28 Å². The second-order valence-corrected chi connectivity index (χ2v) is 4.31. The van der Waals surface area contributed by atoms with E-state index in [1.807, 2.05) is 6.07 Å². The first-order chi connectivity index (χ1) is 5.90. The summed E-state index contributed by atoms with van der Waals surface area (Å²) >= 11 is 4.53. The first-order valence-corrected chi connectivity index (χ1v) is 5.58. The van der Waals surface area contributed by atoms with Crippen LogP contribution in [0.25, 0.3) is 10.2 Å². The smallest absolute Gasteiger partial charge is 0.118 e. The lowest BCUT2D eigenvalue weighted by Crippen LogP contribution is -1.79. The Balaban J connectivity index is 2.47. The molecule has 1 aromatic carbocycles. The van der Waals surface area contributed by atoms with Gasteiger partial charge in [-0.1, -0.05) is 12.1 Å². The van der Waals surface area contributed by atoms with Gasteiger partial charge in [-0.3, -0.25) is 0 Å². The number of para-hydroxylation sites is 1. The van der Waals surface area contributed by atoms with Gasteiger partial charge in [0.05, 0.1) is 15.2 Å². The zero-order valence-corrected chi connectivity index (χ0v) is 8.63. The highest BCUT2D eigenvalue weighted by Crippen LogP contribution is 2.21. The zero-order valence-electron chi connectivity index (χ0n) is 6.66. The van der Waals surface area contributed by atoms with Gasteiger partial charge >= 0.3 is 0 Å². The van der Waals surface area contributed by atoms with E-state index in [1.165, 1.54) is 9.71 Å². The molecule has 0 spiro atoms. The van der Waals surface area contributed by atoms with Crippen LogP contribution in [0, 0.1) is 0 Å². The van der Waals surface area contributed by atoms with Gasteiger partial charge in [-0.25, -0.2) is 4.98 Å². The van der Waals surface area contributed by atoms with E-state index in [1.54, 1.807) is 11.3 Å². The van der Waals surface area contributed by atoms with Gasteiger partial charge in [-0.15, -0.1) is 16.6 Å². The summed E-state index contributed by atoms with van der Waals surface area (Å²) < 4.78 is 1.30. The SMILES string of the molecule is [Al][CH2]Cc1nc2ccccc2s1. The third-order valence-electron chi connectivity index (χ3n) is 1.70. The molecule has 0 N–H and O–H groups in total. The van der Waals surface area contributed by atoms with Crippen molar-refractivity contribution in [3.05, 3.63) is 29.3 Å². The van der Waals surface area contributed by atoms with Gasteiger partial charge in [0.2, 0.25) is 0 Å². The van der Waals surface area contributed by atoms with E-state index in [0.717, 1.165) is 17.2 Å². The quantitative estimate of drug-likeness (QED) is 0.661. The van der Waals surface area contributed by atoms with Crippen molar-refractivity contribution in [3.8, 4) is 0 Å². The van der Waals surface area contributed by atoms with Crippen LogP contribution in [0.3, 0.4) is 0 Å². The van der Waals surface area contributed by atoms with Gasteiger partial charge in [0.15, 0.2) is 0 Å². The molecule has 0 bridgehead atoms. The minimum atomic E-state index is 1.07. The molecule has 12 heavy (non-hydrogen) atoms. The van der Waals surface area contributed by atoms with Crippen molar-refractivity contribution in [3.63, 3.8) is 0 Å². The lowest BCUT2D eigenvalue weighted by atomic mass is 10.3. The predicted octanol–water partition coefficient (Wildman–Crippen LogP) is 2.43. The molecule has 1 aromatic heterocycles. The van der Waals surface area contributed by atoms with Crippen LogP contribution in [0.1, 0.15) is 5.01 Å². The molecule has 2 rings (SSSR count). The summed E-state index contributed by atoms with van der Waals surface area (Å²) in [7, 11) is 0. The highest BCUT2D eigenvalue weighted by molar-refractivity contribution is 7.18. The third kappa shape index (κ3) is 1.54. The Labute approximate surface area is 83.9 Å². The third-order valence-corrected chi connectivity index (χ3v) is 3.08. The second-order valence-electron chi connectivity index (χ2n) is 2.61. The molecule has 3 heteroatoms. The molecule has 1 heterocycles. The molecule has 2 radical (unpaired) electrons. The first kappa shape index (κ1) is 8.25. The summed E-state index contributed by atoms with van der Waals surface area (Å²) in [5.41, 5.74) is 1.14. The normalized spacial score (nSPS) is 10.7. The maximum atomic E-state index is 4.51. The largest absolute Gasteiger partial charge is 0.241 e. The molecule has 0 aliphatic rings. The van der Waals surface area contributed by atoms with Crippen LogP contribution in [0.15, 0.2) is 24.3 Å². The Morgan fingerprint density at radius 3 is 2.92 bits per heavy atom. The predicted molar refractivity (Wildman–Crippen MR) is 53.9 cm³/mol. The molecule has 0 aliphatic heterocycles. The van der Waals surface area contributed by atoms with E-state index < -0.39 is 0 Å². The van der Waals surface area contributed by atoms with Gasteiger partial charge in [0, 0.05) is 0 Å². The summed E-state index contributed by atoms with van der Waals surface area (Å²) in [5.74, 6) is 0. The average Bonchev–Trinajstić information content (AvgIpc) is 2.47. The number of fused-ring (bicyclic) bond motifs is 1. The summed E-state index contributed by atoms with van der Waals surface area (Å²) in [6.07, 6.45) is 1.07. The van der Waals surface area contributed by atoms with Gasteiger partial charge in [-0.05, 0) is 18.6 Å². The van der Waals surface area contributed by atoms with Crippen LogP contribution in [-0.2, 0) is 6.42 Å². The Hall–Kier alpha value is -0.358. The zero-order chi connectivity index (χ0) is 8.39. The molecule has 0 unspecified atom stereocenters. The van der Waals surface area contributed by atoms with E-state index in [4.69, 9.17) is 0 Å². The molecule has 0 fully saturated rings. The van der Waals surface area contributed by atoms with Crippen molar-refractivity contribution in [2.75, 3.05) is 0 Å². The number of aryl methyl sites for hydroxylation is 1. The standard InChI is InChI=1S/C9H8NS.Al/c1-2-9-10-7-5-3-4-6-8(7)11-9;/h3-6H,1-2H2;. The van der Waals surface area contributed by atoms with Crippen molar-refractivity contribution < 1.29 is 0 Å². The maximum absolute atomic E-state index is 4.51. The van der Waals surface area contributed by atoms with Crippen LogP contribution in [0.4, 0.5) is 0 Å². The van der Waals surface area contributed by atoms with E-state index in [-0.39, 0.29) is 0 Å². The Morgan fingerprint density at radius 2 is 2.17 bits per heavy atom. The summed E-state index contributed by atoms with van der Waals surface area (Å²) in [4.78, 5) is 4.51. The van der Waals surface area contributed by atoms with Crippen molar-refractivity contribution in [2.24, 2.45) is 0 Å². The van der Waals surface area contributed by atoms with Crippen LogP contribution >= 0.6 is 11.3 Å². The highest BCUT2D eigenvalue weighted by Gasteiger charge is 1.99. The number of benzene rings is 1. The summed E-state index contributed by atoms with van der Waals surface area (Å²) in [6, 6.07) is 8.29. The van der Waals surface area contributed by atoms with E-state index in [2.05, 4.69) is 39.5 Å². The number of hydrogen-bond donors (Lipinski definition) is 0. The minimum absolute atomic E-state index is 1.07. The topological polar surface area (TPSA) is 12.9 Å². The first-order valence-electron chi connectivity index (χ1n) is 3.94. The number of thiazole rings is 1. The molecule has 0 aliphatic carbocycles. The van der Waals surface area contributed by atoms with E-state index >= 15 is 0 Å². The molecule has 0 amide bonds. The lowest BCUT2D eigenvalue weighted by molar-refractivity contribution is 1.10. The number of aromatic nitrogens is 1. The lowest BCUT2D eigenvalue weighted by Gasteiger charge is -1.85. The van der Waals surface area contributed by atoms with E-state index in [9.17, 15) is 0 Å². The fourth-order valence-corrected chi connectivity index (χ4v) is 2.62. The number of rotatable bonds is 2. The monoisotopic (exact) mass is 189 g/mol. The fourth-order valence-electron chi connectivity index (χ4n) is 1.15. The minimum Gasteiger partial charge on any atom is -0.241 e. The molecular weight excluding hydrogens is 181 g/mol. The van der Waals surface area contributed by atoms with Crippen LogP contribution in [0.5, 0.6) is 0 Å². The van der Waals surface area contributed by atoms with Gasteiger partial charge < -0.3 is 0 Å². The second kappa shape index (κ2) is 3.57. The average molecular weight is 189 g/mol. The molecule has 0 saturated heterocycles. The van der Waals surface area contributed by atoms with Crippen molar-refractivity contribution in [1.82, 2.24) is 4.98 Å². The van der Waals surface area contributed by atoms with Crippen LogP contribution in [-0.4, -0.2) is 21.3 Å². The number of hydrogen-bond acceptors (Lipinski definition) is 2. The van der Waals surface area contributed by atoms with Crippen LogP contribution < -0.4 is 0 Å². The van der Waals surface area contributed by atoms with Crippen molar-refractivity contribution >= 4 is 37.8 Å². The number of nitrogens with zero attached hydrogens (tertiary/aromatic N) is 1. The Kier molecular flexibility index (Phi) is 2.46. The molecule has 0 saturated carbocycles. The van der Waals surface area contributed by atoms with Crippen molar-refractivity contribution in [2.45, 2.75) is 11.7 Å². The highest BCUT2D eigenvalue weighted by atomic mass is 32.1. The van der Waals surface area contributed by atoms with Gasteiger partial charge in [0.25, 0.3) is 0 Å². The Bertz CT molecular complexity index is 350. The van der Waals surface area contributed by atoms with Crippen molar-refractivity contribution in [1.29, 1.82) is 0 Å². The summed E-state index contributed by atoms with van der Waals surface area (Å²) in [5, 5.41) is 2.34. The molecule has 58 valence electrons. The molecule has 1 nitrogen and oxygen atoms in total. The molecular formula is C9H8AlNS. The van der Waals surface area contributed by atoms with Gasteiger partial charge in [0.1, 0.15) is 16.3 Å². The maximum Gasteiger partial charge on any atom is 0.118 e. The fraction of sp³-hybridized carbons (Fsp3) is 0.222. The Morgan fingerprint density at radius 1 is 1.33 bits per heavy atom.